The highest BCUT2D eigenvalue weighted by Crippen LogP contribution is 2.24. The fraction of sp³-hybridized carbons (Fsp3) is 0.180. The van der Waals surface area contributed by atoms with Gasteiger partial charge in [0.15, 0.2) is 40.7 Å². The van der Waals surface area contributed by atoms with Crippen molar-refractivity contribution < 1.29 is 28.3 Å². The van der Waals surface area contributed by atoms with Crippen molar-refractivity contribution in [3.8, 4) is 63.7 Å². The molecule has 0 fully saturated rings. The van der Waals surface area contributed by atoms with Crippen LogP contribution >= 0.6 is 11.3 Å². The molecule has 0 saturated heterocycles. The molecule has 622 valence electrons. The van der Waals surface area contributed by atoms with Crippen LogP contribution in [0.3, 0.4) is 0 Å². The minimum atomic E-state index is -0.328. The van der Waals surface area contributed by atoms with Crippen LogP contribution in [-0.2, 0) is 35.5 Å². The van der Waals surface area contributed by atoms with E-state index in [4.69, 9.17) is 14.4 Å². The highest BCUT2D eigenvalue weighted by molar-refractivity contribution is 7.13. The Hall–Kier alpha value is -15.9. The topological polar surface area (TPSA) is 434 Å². The molecule has 123 heavy (non-hydrogen) atoms. The number of methoxy groups -OCH3 is 1. The molecule has 0 bridgehead atoms. The summed E-state index contributed by atoms with van der Waals surface area (Å²) in [6.45, 7) is 16.3. The normalized spacial score (nSPS) is 10.4. The van der Waals surface area contributed by atoms with Crippen LogP contribution in [-0.4, -0.2) is 135 Å². The van der Waals surface area contributed by atoms with E-state index in [-0.39, 0.29) is 23.6 Å². The highest BCUT2D eigenvalue weighted by Gasteiger charge is 2.16. The van der Waals surface area contributed by atoms with Crippen LogP contribution < -0.4 is 48.3 Å². The summed E-state index contributed by atoms with van der Waals surface area (Å²) in [6.07, 6.45) is 14.4. The Morgan fingerprint density at radius 1 is 0.488 bits per heavy atom. The monoisotopic (exact) mass is 1660 g/mol. The Labute approximate surface area is 713 Å². The summed E-state index contributed by atoms with van der Waals surface area (Å²) in [7, 11) is 1.70. The summed E-state index contributed by atoms with van der Waals surface area (Å²) in [6, 6.07) is 62.3. The number of nitriles is 1. The van der Waals surface area contributed by atoms with Crippen molar-refractivity contribution in [2.45, 2.75) is 80.8 Å². The maximum atomic E-state index is 12.2. The third-order valence-electron chi connectivity index (χ3n) is 17.0. The van der Waals surface area contributed by atoms with Crippen LogP contribution in [0.2, 0.25) is 0 Å². The van der Waals surface area contributed by atoms with Crippen molar-refractivity contribution in [1.29, 1.82) is 5.26 Å². The van der Waals surface area contributed by atoms with Crippen LogP contribution in [0.4, 0.5) is 40.6 Å². The molecule has 0 spiro atoms. The zero-order valence-electron chi connectivity index (χ0n) is 68.7. The molecule has 0 aliphatic rings. The van der Waals surface area contributed by atoms with Gasteiger partial charge in [-0.2, -0.15) is 10.4 Å². The number of hydrogen-bond acceptors (Lipinski definition) is 29. The number of hydrogen-bond donors (Lipinski definition) is 9. The van der Waals surface area contributed by atoms with Crippen LogP contribution in [0.15, 0.2) is 248 Å². The fourth-order valence-electron chi connectivity index (χ4n) is 11.2. The number of amides is 4. The highest BCUT2D eigenvalue weighted by atomic mass is 32.1. The van der Waals surface area contributed by atoms with Crippen molar-refractivity contribution >= 4 is 75.6 Å². The first kappa shape index (κ1) is 87.9. The number of carbonyl (C=O) groups is 4. The Balaban J connectivity index is 0.000000150. The third-order valence-corrected chi connectivity index (χ3v) is 18.0. The summed E-state index contributed by atoms with van der Waals surface area (Å²) in [4.78, 5) is 115. The lowest BCUT2D eigenvalue weighted by Crippen LogP contribution is -2.30. The SMILES string of the molecule is CC(=O)Nc1cccc(CNc2cc(C)nc(-c3ccccn3)n2)c1.CCc1cc(NNC(=O)c2ccc(C#N)cc2)nc(-c2ccccn2)n1.CCc1cc(NNC(=O)c2ccc(C)s2)nc(-c2ccccn2)n1.COCCCn1ccc(Nc2cc(C)nc(-c3ccccn3)n2)n1.Cc1cc(NCCNC(=O)c2ccco2)nc(-c2ccccn2)n1. The van der Waals surface area contributed by atoms with E-state index in [9.17, 15) is 19.2 Å². The van der Waals surface area contributed by atoms with Crippen LogP contribution in [0.1, 0.15) is 102 Å². The first-order valence-electron chi connectivity index (χ1n) is 39.0. The minimum Gasteiger partial charge on any atom is -0.459 e. The van der Waals surface area contributed by atoms with Crippen molar-refractivity contribution in [3.05, 3.63) is 304 Å². The lowest BCUT2D eigenvalue weighted by Gasteiger charge is -2.10. The van der Waals surface area contributed by atoms with Gasteiger partial charge >= 0.3 is 0 Å². The van der Waals surface area contributed by atoms with E-state index in [1.165, 1.54) is 24.5 Å². The summed E-state index contributed by atoms with van der Waals surface area (Å²) >= 11 is 1.44. The molecular formula is C89H89N27O6S. The zero-order chi connectivity index (χ0) is 86.5. The number of hydrazine groups is 2. The number of furan rings is 1. The Morgan fingerprint density at radius 2 is 0.992 bits per heavy atom. The number of aromatic nitrogens is 17. The second kappa shape index (κ2) is 45.7. The van der Waals surface area contributed by atoms with Gasteiger partial charge in [-0.3, -0.25) is 70.5 Å². The third kappa shape index (κ3) is 28.2. The molecule has 0 radical (unpaired) electrons. The number of thiophene rings is 1. The lowest BCUT2D eigenvalue weighted by molar-refractivity contribution is -0.114. The van der Waals surface area contributed by atoms with E-state index < -0.39 is 0 Å². The molecule has 4 amide bonds. The van der Waals surface area contributed by atoms with Gasteiger partial charge in [-0.25, -0.2) is 49.8 Å². The van der Waals surface area contributed by atoms with E-state index >= 15 is 0 Å². The number of rotatable bonds is 28. The van der Waals surface area contributed by atoms with E-state index in [1.54, 1.807) is 86.6 Å². The second-order valence-corrected chi connectivity index (χ2v) is 27.9. The molecule has 2 aromatic carbocycles. The van der Waals surface area contributed by atoms with Crippen molar-refractivity contribution in [1.82, 2.24) is 101 Å². The number of nitrogens with one attached hydrogen (secondary N) is 9. The Bertz CT molecular complexity index is 5950. The van der Waals surface area contributed by atoms with Crippen molar-refractivity contribution in [2.75, 3.05) is 58.9 Å². The first-order valence-corrected chi connectivity index (χ1v) is 39.8. The number of benzene rings is 2. The average molecular weight is 1660 g/mol. The van der Waals surface area contributed by atoms with Gasteiger partial charge in [-0.1, -0.05) is 56.3 Å². The number of aryl methyl sites for hydroxylation is 7. The molecule has 13 heterocycles. The van der Waals surface area contributed by atoms with Gasteiger partial charge in [0.05, 0.1) is 22.8 Å². The predicted octanol–water partition coefficient (Wildman–Crippen LogP) is 14.5. The van der Waals surface area contributed by atoms with Gasteiger partial charge in [0.25, 0.3) is 17.7 Å². The molecule has 0 saturated carbocycles. The van der Waals surface area contributed by atoms with Gasteiger partial charge in [-0.15, -0.1) is 11.3 Å². The minimum absolute atomic E-state index is 0.0865. The van der Waals surface area contributed by atoms with E-state index in [1.807, 2.05) is 210 Å². The predicted molar refractivity (Wildman–Crippen MR) is 471 cm³/mol. The molecule has 13 aromatic heterocycles. The fourth-order valence-corrected chi connectivity index (χ4v) is 11.9. The largest absolute Gasteiger partial charge is 0.459 e. The molecule has 0 aliphatic heterocycles. The van der Waals surface area contributed by atoms with Crippen molar-refractivity contribution in [2.24, 2.45) is 0 Å². The van der Waals surface area contributed by atoms with Crippen molar-refractivity contribution in [3.63, 3.8) is 0 Å². The lowest BCUT2D eigenvalue weighted by atomic mass is 10.1. The quantitative estimate of drug-likeness (QED) is 0.0162. The van der Waals surface area contributed by atoms with E-state index in [0.717, 1.165) is 106 Å². The molecular weight excluding hydrogens is 1580 g/mol. The maximum Gasteiger partial charge on any atom is 0.287 e. The van der Waals surface area contributed by atoms with E-state index in [2.05, 4.69) is 128 Å². The molecule has 0 atom stereocenters. The van der Waals surface area contributed by atoms with Gasteiger partial charge < -0.3 is 35.7 Å². The van der Waals surface area contributed by atoms with Crippen LogP contribution in [0.5, 0.6) is 0 Å². The van der Waals surface area contributed by atoms with Crippen LogP contribution in [0, 0.1) is 39.0 Å². The average Bonchev–Trinajstić information content (AvgIpc) is 1.83. The molecule has 15 rings (SSSR count). The first-order chi connectivity index (χ1) is 59.9. The summed E-state index contributed by atoms with van der Waals surface area (Å²) < 4.78 is 12.0. The molecule has 15 aromatic rings. The molecule has 34 heteroatoms. The molecule has 9 N–H and O–H groups in total. The molecule has 0 aliphatic carbocycles. The van der Waals surface area contributed by atoms with E-state index in [0.29, 0.717) is 105 Å². The maximum absolute atomic E-state index is 12.2. The van der Waals surface area contributed by atoms with Gasteiger partial charge in [0.2, 0.25) is 5.91 Å². The number of pyridine rings is 5. The van der Waals surface area contributed by atoms with Gasteiger partial charge in [0.1, 0.15) is 57.6 Å². The number of anilines is 7. The second-order valence-electron chi connectivity index (χ2n) is 26.7. The standard InChI is InChI=1S/C19H16N6O.C19H19N5O.C17H20N6O.C17H17N5O2.C17H17N5OS/c1-2-15-11-17(23-18(22-15)16-5-3-4-10-21-16)24-25-19(26)14-8-6-13(12-20)7-9-14;1-13-10-18(24-19(22-13)17-8-3-4-9-20-17)21-12-15-6-5-7-16(11-15)23-14(2)25;1-13-12-16(21-17(19-13)14-6-3-4-8-18-14)20-15-7-10-23(22-15)9-5-11-24-2;1-12-11-15(22-16(21-12)13-5-2-3-7-18-13)19-8-9-20-17(23)14-6-4-10-24-14;1-3-12-10-15(20-16(19-12)13-6-4-5-9-18-13)21-22-17(23)14-8-7-11(2)24-14/h3-11H,2H2,1H3,(H,25,26)(H,22,23,24);3-11H,12H2,1-2H3,(H,23,25)(H,21,22,24);3-4,6-8,10,12H,5,9,11H2,1-2H3,(H,19,20,21,22);2-7,10-11H,8-9H2,1H3,(H,20,23)(H,19,21,22);4-10H,3H2,1-2H3,(H,22,23)(H,19,20,21). The Kier molecular flexibility index (Phi) is 32.7. The summed E-state index contributed by atoms with van der Waals surface area (Å²) in [5.74, 6) is 6.09. The Morgan fingerprint density at radius 3 is 1.46 bits per heavy atom. The van der Waals surface area contributed by atoms with Crippen LogP contribution in [0.25, 0.3) is 57.6 Å². The zero-order valence-corrected chi connectivity index (χ0v) is 69.5. The number of nitrogens with zero attached hydrogens (tertiary/aromatic N) is 18. The number of carbonyl (C=O) groups excluding carboxylic acids is 4. The molecule has 0 unspecified atom stereocenters. The summed E-state index contributed by atoms with van der Waals surface area (Å²) in [5, 5.41) is 28.5. The smallest absolute Gasteiger partial charge is 0.287 e. The number of ether oxygens (including phenoxy) is 1. The summed E-state index contributed by atoms with van der Waals surface area (Å²) in [5.41, 5.74) is 21.5. The van der Waals surface area contributed by atoms with Gasteiger partial charge in [0, 0.05) is 165 Å². The van der Waals surface area contributed by atoms with Gasteiger partial charge in [-0.05, 0) is 174 Å². The molecule has 33 nitrogen and oxygen atoms in total.